The van der Waals surface area contributed by atoms with Crippen LogP contribution in [0.5, 0.6) is 0 Å². The predicted octanol–water partition coefficient (Wildman–Crippen LogP) is 1.45. The first-order valence-corrected chi connectivity index (χ1v) is 5.03. The first-order valence-electron chi connectivity index (χ1n) is 5.03. The lowest BCUT2D eigenvalue weighted by atomic mass is 10.1. The minimum Gasteiger partial charge on any atom is -0.289 e. The third kappa shape index (κ3) is 2.45. The Morgan fingerprint density at radius 2 is 1.62 bits per heavy atom. The fourth-order valence-corrected chi connectivity index (χ4v) is 1.55. The van der Waals surface area contributed by atoms with E-state index in [1.165, 1.54) is 23.3 Å². The second-order valence-corrected chi connectivity index (χ2v) is 3.49. The maximum absolute atomic E-state index is 10.0. The lowest BCUT2D eigenvalue weighted by molar-refractivity contribution is -0.123. The number of hydrogen-bond donors (Lipinski definition) is 1. The van der Waals surface area contributed by atoms with E-state index in [0.717, 1.165) is 6.42 Å². The molecule has 3 nitrogen and oxygen atoms in total. The number of allylic oxidation sites excluding steroid dienone is 1. The fraction of sp³-hybridized carbons (Fsp3) is 0.0769. The maximum Gasteiger partial charge on any atom is 0.250 e. The molecule has 0 fully saturated rings. The third-order valence-corrected chi connectivity index (χ3v) is 2.32. The van der Waals surface area contributed by atoms with Gasteiger partial charge < -0.3 is 0 Å². The Bertz CT molecular complexity index is 470. The summed E-state index contributed by atoms with van der Waals surface area (Å²) < 4.78 is 0. The number of hydrogen-bond acceptors (Lipinski definition) is 2. The number of amides is 2. The summed E-state index contributed by atoms with van der Waals surface area (Å²) in [4.78, 5) is 20.1. The molecule has 1 aliphatic carbocycles. The number of fused-ring (bicyclic) bond motifs is 1. The molecule has 3 heteroatoms. The minimum absolute atomic E-state index is 0.329. The first kappa shape index (κ1) is 10.4. The van der Waals surface area contributed by atoms with Crippen LogP contribution in [-0.4, -0.2) is 11.8 Å². The molecule has 3 rings (SSSR count). The summed E-state index contributed by atoms with van der Waals surface area (Å²) >= 11 is 0. The van der Waals surface area contributed by atoms with Gasteiger partial charge in [-0.25, -0.2) is 0 Å². The lowest BCUT2D eigenvalue weighted by Crippen LogP contribution is -2.19. The van der Waals surface area contributed by atoms with E-state index in [1.54, 1.807) is 0 Å². The Morgan fingerprint density at radius 3 is 2.19 bits per heavy atom. The average Bonchev–Trinajstić information content (AvgIpc) is 2.88. The zero-order valence-electron chi connectivity index (χ0n) is 8.64. The maximum atomic E-state index is 10.0. The van der Waals surface area contributed by atoms with Crippen molar-refractivity contribution in [2.75, 3.05) is 0 Å². The van der Waals surface area contributed by atoms with Crippen LogP contribution in [0.3, 0.4) is 0 Å². The molecule has 0 saturated carbocycles. The topological polar surface area (TPSA) is 46.2 Å². The molecule has 80 valence electrons. The van der Waals surface area contributed by atoms with E-state index in [4.69, 9.17) is 0 Å². The summed E-state index contributed by atoms with van der Waals surface area (Å²) in [5.74, 6) is -0.657. The average molecular weight is 213 g/mol. The van der Waals surface area contributed by atoms with Gasteiger partial charge in [0.1, 0.15) is 0 Å². The molecule has 1 aliphatic heterocycles. The molecule has 0 radical (unpaired) electrons. The van der Waals surface area contributed by atoms with Crippen molar-refractivity contribution in [3.63, 3.8) is 0 Å². The molecule has 0 bridgehead atoms. The summed E-state index contributed by atoms with van der Waals surface area (Å²) in [5, 5.41) is 2.03. The minimum atomic E-state index is -0.329. The van der Waals surface area contributed by atoms with Gasteiger partial charge in [-0.05, 0) is 17.5 Å². The van der Waals surface area contributed by atoms with E-state index >= 15 is 0 Å². The van der Waals surface area contributed by atoms with E-state index in [1.807, 2.05) is 5.32 Å². The highest BCUT2D eigenvalue weighted by atomic mass is 16.2. The quantitative estimate of drug-likeness (QED) is 0.663. The van der Waals surface area contributed by atoms with Gasteiger partial charge in [-0.15, -0.1) is 0 Å². The summed E-state index contributed by atoms with van der Waals surface area (Å²) in [7, 11) is 0. The molecule has 1 aromatic carbocycles. The highest BCUT2D eigenvalue weighted by molar-refractivity contribution is 6.12. The van der Waals surface area contributed by atoms with E-state index < -0.39 is 0 Å². The SMILES string of the molecule is C1=Cc2ccccc2C1.O=C1C=CC(=O)N1. The van der Waals surface area contributed by atoms with Gasteiger partial charge in [-0.1, -0.05) is 36.4 Å². The molecular weight excluding hydrogens is 202 g/mol. The summed E-state index contributed by atoms with van der Waals surface area (Å²) in [6, 6.07) is 8.49. The Morgan fingerprint density at radius 1 is 0.938 bits per heavy atom. The van der Waals surface area contributed by atoms with Gasteiger partial charge in [0.05, 0.1) is 0 Å². The molecule has 0 saturated heterocycles. The van der Waals surface area contributed by atoms with E-state index in [9.17, 15) is 9.59 Å². The van der Waals surface area contributed by atoms with Gasteiger partial charge in [0, 0.05) is 12.2 Å². The normalized spacial score (nSPS) is 15.5. The van der Waals surface area contributed by atoms with Crippen molar-refractivity contribution < 1.29 is 9.59 Å². The van der Waals surface area contributed by atoms with Crippen molar-refractivity contribution >= 4 is 17.9 Å². The zero-order valence-corrected chi connectivity index (χ0v) is 8.64. The number of rotatable bonds is 0. The number of carbonyl (C=O) groups is 2. The summed E-state index contributed by atoms with van der Waals surface area (Å²) in [6.45, 7) is 0. The molecule has 0 atom stereocenters. The number of nitrogens with one attached hydrogen (secondary N) is 1. The van der Waals surface area contributed by atoms with Crippen molar-refractivity contribution in [3.8, 4) is 0 Å². The lowest BCUT2D eigenvalue weighted by Gasteiger charge is -1.93. The zero-order chi connectivity index (χ0) is 11.4. The number of benzene rings is 1. The van der Waals surface area contributed by atoms with Gasteiger partial charge in [0.25, 0.3) is 11.8 Å². The van der Waals surface area contributed by atoms with Gasteiger partial charge in [-0.3, -0.25) is 14.9 Å². The van der Waals surface area contributed by atoms with Crippen LogP contribution in [0.1, 0.15) is 11.1 Å². The van der Waals surface area contributed by atoms with Gasteiger partial charge in [-0.2, -0.15) is 0 Å². The molecule has 16 heavy (non-hydrogen) atoms. The smallest absolute Gasteiger partial charge is 0.250 e. The monoisotopic (exact) mass is 213 g/mol. The highest BCUT2D eigenvalue weighted by Gasteiger charge is 2.06. The number of carbonyl (C=O) groups excluding carboxylic acids is 2. The predicted molar refractivity (Wildman–Crippen MR) is 61.5 cm³/mol. The third-order valence-electron chi connectivity index (χ3n) is 2.32. The summed E-state index contributed by atoms with van der Waals surface area (Å²) in [5.41, 5.74) is 2.84. The molecule has 1 heterocycles. The van der Waals surface area contributed by atoms with Crippen LogP contribution in [0.15, 0.2) is 42.5 Å². The largest absolute Gasteiger partial charge is 0.289 e. The number of imide groups is 1. The van der Waals surface area contributed by atoms with Crippen molar-refractivity contribution in [3.05, 3.63) is 53.6 Å². The van der Waals surface area contributed by atoms with Crippen LogP contribution >= 0.6 is 0 Å². The van der Waals surface area contributed by atoms with Crippen LogP contribution in [0.2, 0.25) is 0 Å². The van der Waals surface area contributed by atoms with Crippen LogP contribution in [0.25, 0.3) is 6.08 Å². The Balaban J connectivity index is 0.000000125. The second-order valence-electron chi connectivity index (χ2n) is 3.49. The molecule has 1 aromatic rings. The van der Waals surface area contributed by atoms with Crippen molar-refractivity contribution in [2.24, 2.45) is 0 Å². The van der Waals surface area contributed by atoms with Crippen LogP contribution in [-0.2, 0) is 16.0 Å². The van der Waals surface area contributed by atoms with E-state index in [2.05, 4.69) is 36.4 Å². The molecule has 2 aliphatic rings. The van der Waals surface area contributed by atoms with Crippen LogP contribution in [0.4, 0.5) is 0 Å². The molecule has 0 unspecified atom stereocenters. The van der Waals surface area contributed by atoms with Crippen molar-refractivity contribution in [1.82, 2.24) is 5.32 Å². The highest BCUT2D eigenvalue weighted by Crippen LogP contribution is 2.17. The second kappa shape index (κ2) is 4.57. The fourth-order valence-electron chi connectivity index (χ4n) is 1.55. The molecule has 0 spiro atoms. The van der Waals surface area contributed by atoms with E-state index in [-0.39, 0.29) is 11.8 Å². The van der Waals surface area contributed by atoms with Crippen molar-refractivity contribution in [1.29, 1.82) is 0 Å². The van der Waals surface area contributed by atoms with Crippen LogP contribution in [0, 0.1) is 0 Å². The van der Waals surface area contributed by atoms with Crippen molar-refractivity contribution in [2.45, 2.75) is 6.42 Å². The van der Waals surface area contributed by atoms with Gasteiger partial charge in [0.15, 0.2) is 0 Å². The van der Waals surface area contributed by atoms with Crippen LogP contribution < -0.4 is 5.32 Å². The standard InChI is InChI=1S/C9H8.C4H3NO2/c1-2-5-9-7-3-6-8(9)4-1;6-3-1-2-4(7)5-3/h1-6H,7H2;1-2H,(H,5,6,7). The molecule has 1 N–H and O–H groups in total. The molecule has 2 amide bonds. The Labute approximate surface area is 93.5 Å². The van der Waals surface area contributed by atoms with Gasteiger partial charge >= 0.3 is 0 Å². The first-order chi connectivity index (χ1) is 7.75. The Hall–Kier alpha value is -2.16. The Kier molecular flexibility index (Phi) is 2.96. The molecular formula is C13H11NO2. The molecule has 0 aromatic heterocycles. The summed E-state index contributed by atoms with van der Waals surface area (Å²) in [6.07, 6.45) is 7.89. The van der Waals surface area contributed by atoms with Gasteiger partial charge in [0.2, 0.25) is 0 Å². The van der Waals surface area contributed by atoms with E-state index in [0.29, 0.717) is 0 Å².